The Bertz CT molecular complexity index is 306. The van der Waals surface area contributed by atoms with E-state index in [9.17, 15) is 4.79 Å². The third-order valence-corrected chi connectivity index (χ3v) is 2.16. The van der Waals surface area contributed by atoms with Crippen LogP contribution in [0.4, 0.5) is 5.69 Å². The molecule has 1 aromatic carbocycles. The normalized spacial score (nSPS) is 12.1. The highest BCUT2D eigenvalue weighted by molar-refractivity contribution is 5.75. The number of aliphatic carboxylic acids is 1. The summed E-state index contributed by atoms with van der Waals surface area (Å²) >= 11 is 0. The van der Waals surface area contributed by atoms with Gasteiger partial charge in [0.15, 0.2) is 0 Å². The fourth-order valence-electron chi connectivity index (χ4n) is 1.24. The number of carboxylic acids is 1. The van der Waals surface area contributed by atoms with E-state index in [-0.39, 0.29) is 0 Å². The largest absolute Gasteiger partial charge is 0.481 e. The lowest BCUT2D eigenvalue weighted by Crippen LogP contribution is -2.07. The van der Waals surface area contributed by atoms with E-state index in [0.717, 1.165) is 17.8 Å². The zero-order valence-corrected chi connectivity index (χ0v) is 8.45. The van der Waals surface area contributed by atoms with E-state index in [4.69, 9.17) is 5.11 Å². The van der Waals surface area contributed by atoms with Crippen LogP contribution in [0.2, 0.25) is 0 Å². The molecule has 0 aromatic heterocycles. The molecule has 1 rings (SSSR count). The Morgan fingerprint density at radius 3 is 2.43 bits per heavy atom. The molecule has 0 saturated heterocycles. The first-order valence-electron chi connectivity index (χ1n) is 4.71. The summed E-state index contributed by atoms with van der Waals surface area (Å²) < 4.78 is 0. The molecule has 0 fully saturated rings. The fourth-order valence-corrected chi connectivity index (χ4v) is 1.24. The van der Waals surface area contributed by atoms with Gasteiger partial charge >= 0.3 is 5.97 Å². The molecule has 3 heteroatoms. The molecule has 0 amide bonds. The van der Waals surface area contributed by atoms with E-state index in [0.29, 0.717) is 0 Å². The number of anilines is 1. The summed E-state index contributed by atoms with van der Waals surface area (Å²) in [7, 11) is 0. The van der Waals surface area contributed by atoms with E-state index < -0.39 is 11.9 Å². The monoisotopic (exact) mass is 193 g/mol. The zero-order valence-electron chi connectivity index (χ0n) is 8.45. The van der Waals surface area contributed by atoms with Crippen LogP contribution in [0.1, 0.15) is 25.3 Å². The summed E-state index contributed by atoms with van der Waals surface area (Å²) in [5.74, 6) is -1.23. The number of carbonyl (C=O) groups is 1. The van der Waals surface area contributed by atoms with Crippen LogP contribution in [0.3, 0.4) is 0 Å². The van der Waals surface area contributed by atoms with Crippen LogP contribution in [0.25, 0.3) is 0 Å². The average molecular weight is 193 g/mol. The predicted octanol–water partition coefficient (Wildman–Crippen LogP) is 2.31. The number of carboxylic acid groups (broad SMARTS) is 1. The van der Waals surface area contributed by atoms with Crippen LogP contribution in [-0.2, 0) is 4.79 Å². The van der Waals surface area contributed by atoms with Crippen LogP contribution in [-0.4, -0.2) is 17.6 Å². The van der Waals surface area contributed by atoms with Crippen molar-refractivity contribution in [3.63, 3.8) is 0 Å². The molecule has 1 aromatic rings. The highest BCUT2D eigenvalue weighted by atomic mass is 16.4. The molecule has 76 valence electrons. The van der Waals surface area contributed by atoms with Crippen molar-refractivity contribution >= 4 is 11.7 Å². The maximum atomic E-state index is 10.7. The highest BCUT2D eigenvalue weighted by Gasteiger charge is 2.12. The molecule has 0 aliphatic rings. The van der Waals surface area contributed by atoms with Crippen LogP contribution in [0, 0.1) is 0 Å². The Morgan fingerprint density at radius 1 is 1.43 bits per heavy atom. The molecule has 0 spiro atoms. The van der Waals surface area contributed by atoms with Gasteiger partial charge in [-0.05, 0) is 31.5 Å². The number of hydrogen-bond donors (Lipinski definition) is 2. The van der Waals surface area contributed by atoms with Gasteiger partial charge in [0.05, 0.1) is 5.92 Å². The first-order valence-corrected chi connectivity index (χ1v) is 4.71. The van der Waals surface area contributed by atoms with Crippen molar-refractivity contribution in [3.05, 3.63) is 29.8 Å². The van der Waals surface area contributed by atoms with Crippen molar-refractivity contribution in [2.75, 3.05) is 11.9 Å². The van der Waals surface area contributed by atoms with E-state index >= 15 is 0 Å². The molecule has 0 aliphatic heterocycles. The van der Waals surface area contributed by atoms with Crippen LogP contribution in [0.5, 0.6) is 0 Å². The summed E-state index contributed by atoms with van der Waals surface area (Å²) in [4.78, 5) is 10.7. The zero-order chi connectivity index (χ0) is 10.6. The Kier molecular flexibility index (Phi) is 3.51. The quantitative estimate of drug-likeness (QED) is 0.771. The van der Waals surface area contributed by atoms with Crippen molar-refractivity contribution in [1.82, 2.24) is 0 Å². The minimum Gasteiger partial charge on any atom is -0.481 e. The van der Waals surface area contributed by atoms with Gasteiger partial charge in [0.2, 0.25) is 0 Å². The lowest BCUT2D eigenvalue weighted by atomic mass is 10.0. The van der Waals surface area contributed by atoms with E-state index in [1.54, 1.807) is 6.92 Å². The summed E-state index contributed by atoms with van der Waals surface area (Å²) in [5.41, 5.74) is 1.85. The van der Waals surface area contributed by atoms with Crippen LogP contribution >= 0.6 is 0 Å². The second kappa shape index (κ2) is 4.65. The molecule has 3 nitrogen and oxygen atoms in total. The van der Waals surface area contributed by atoms with Crippen molar-refractivity contribution in [2.24, 2.45) is 0 Å². The van der Waals surface area contributed by atoms with Gasteiger partial charge in [0, 0.05) is 12.2 Å². The first kappa shape index (κ1) is 10.6. The van der Waals surface area contributed by atoms with Gasteiger partial charge in [0.25, 0.3) is 0 Å². The molecule has 0 heterocycles. The molecular formula is C11H15NO2. The minimum absolute atomic E-state index is 0.439. The van der Waals surface area contributed by atoms with E-state index in [1.165, 1.54) is 0 Å². The third kappa shape index (κ3) is 2.49. The number of benzene rings is 1. The van der Waals surface area contributed by atoms with E-state index in [1.807, 2.05) is 31.2 Å². The SMILES string of the molecule is CCNc1ccc(C(C)C(=O)O)cc1. The topological polar surface area (TPSA) is 49.3 Å². The molecule has 0 aliphatic carbocycles. The van der Waals surface area contributed by atoms with Gasteiger partial charge in [0.1, 0.15) is 0 Å². The molecule has 1 unspecified atom stereocenters. The maximum Gasteiger partial charge on any atom is 0.310 e. The maximum absolute atomic E-state index is 10.7. The summed E-state index contributed by atoms with van der Waals surface area (Å²) in [6.45, 7) is 4.58. The van der Waals surface area contributed by atoms with Crippen molar-refractivity contribution in [1.29, 1.82) is 0 Å². The second-order valence-electron chi connectivity index (χ2n) is 3.21. The molecule has 2 N–H and O–H groups in total. The molecule has 0 saturated carbocycles. The Morgan fingerprint density at radius 2 is 2.00 bits per heavy atom. The summed E-state index contributed by atoms with van der Waals surface area (Å²) in [6, 6.07) is 7.49. The van der Waals surface area contributed by atoms with Gasteiger partial charge in [-0.1, -0.05) is 12.1 Å². The van der Waals surface area contributed by atoms with Gasteiger partial charge < -0.3 is 10.4 Å². The summed E-state index contributed by atoms with van der Waals surface area (Å²) in [6.07, 6.45) is 0. The van der Waals surface area contributed by atoms with Crippen LogP contribution < -0.4 is 5.32 Å². The molecule has 0 radical (unpaired) electrons. The second-order valence-corrected chi connectivity index (χ2v) is 3.21. The predicted molar refractivity (Wildman–Crippen MR) is 56.7 cm³/mol. The van der Waals surface area contributed by atoms with E-state index in [2.05, 4.69) is 5.32 Å². The lowest BCUT2D eigenvalue weighted by Gasteiger charge is -2.08. The molecule has 14 heavy (non-hydrogen) atoms. The smallest absolute Gasteiger partial charge is 0.310 e. The van der Waals surface area contributed by atoms with Crippen molar-refractivity contribution in [2.45, 2.75) is 19.8 Å². The average Bonchev–Trinajstić information content (AvgIpc) is 2.18. The summed E-state index contributed by atoms with van der Waals surface area (Å²) in [5, 5.41) is 11.9. The Labute approximate surface area is 83.8 Å². The minimum atomic E-state index is -0.791. The van der Waals surface area contributed by atoms with Crippen LogP contribution in [0.15, 0.2) is 24.3 Å². The Hall–Kier alpha value is -1.51. The Balaban J connectivity index is 2.77. The highest BCUT2D eigenvalue weighted by Crippen LogP contribution is 2.17. The third-order valence-electron chi connectivity index (χ3n) is 2.16. The lowest BCUT2D eigenvalue weighted by molar-refractivity contribution is -0.138. The van der Waals surface area contributed by atoms with Crippen molar-refractivity contribution < 1.29 is 9.90 Å². The first-order chi connectivity index (χ1) is 6.65. The number of nitrogens with one attached hydrogen (secondary N) is 1. The standard InChI is InChI=1S/C11H15NO2/c1-3-12-10-6-4-9(5-7-10)8(2)11(13)14/h4-8,12H,3H2,1-2H3,(H,13,14). The molecule has 0 bridgehead atoms. The van der Waals surface area contributed by atoms with Gasteiger partial charge in [-0.25, -0.2) is 0 Å². The fraction of sp³-hybridized carbons (Fsp3) is 0.364. The molecule has 1 atom stereocenters. The van der Waals surface area contributed by atoms with Gasteiger partial charge in [-0.3, -0.25) is 4.79 Å². The van der Waals surface area contributed by atoms with Gasteiger partial charge in [-0.2, -0.15) is 0 Å². The molecular weight excluding hydrogens is 178 g/mol. The van der Waals surface area contributed by atoms with Crippen molar-refractivity contribution in [3.8, 4) is 0 Å². The van der Waals surface area contributed by atoms with Gasteiger partial charge in [-0.15, -0.1) is 0 Å². The number of hydrogen-bond acceptors (Lipinski definition) is 2. The number of rotatable bonds is 4.